The Morgan fingerprint density at radius 3 is 1.41 bits per heavy atom. The molecule has 5 aliphatic carbocycles. The SMILES string of the molecule is O=C(c1ccccc1)[C@@]1(O)[C@@]2(O)C3(CCCCC3)[C@@]2(O)[C@](O)(Cc2ccccc2)[C@@]2(O)C3(CCCCC3)[C@]12O. The molecule has 2 spiro atoms. The monoisotopic (exact) mass is 534 g/mol. The lowest BCUT2D eigenvalue weighted by Crippen LogP contribution is -2.78. The fourth-order valence-corrected chi connectivity index (χ4v) is 10.5. The third kappa shape index (κ3) is 2.26. The summed E-state index contributed by atoms with van der Waals surface area (Å²) in [5, 5.41) is 76.9. The molecule has 0 unspecified atom stereocenters. The second-order valence-corrected chi connectivity index (χ2v) is 13.1. The van der Waals surface area contributed by atoms with Crippen molar-refractivity contribution in [2.75, 3.05) is 0 Å². The summed E-state index contributed by atoms with van der Waals surface area (Å²) in [7, 11) is 0. The molecule has 6 atom stereocenters. The first-order valence-electron chi connectivity index (χ1n) is 14.5. The zero-order valence-corrected chi connectivity index (χ0v) is 22.1. The van der Waals surface area contributed by atoms with E-state index >= 15 is 0 Å². The van der Waals surface area contributed by atoms with E-state index in [1.807, 2.05) is 6.07 Å². The highest BCUT2D eigenvalue weighted by molar-refractivity contribution is 6.07. The number of aliphatic hydroxyl groups is 6. The predicted molar refractivity (Wildman–Crippen MR) is 142 cm³/mol. The van der Waals surface area contributed by atoms with E-state index in [-0.39, 0.29) is 37.7 Å². The molecule has 7 heteroatoms. The van der Waals surface area contributed by atoms with Gasteiger partial charge in [-0.1, -0.05) is 99.2 Å². The number of ketones is 1. The summed E-state index contributed by atoms with van der Waals surface area (Å²) in [6.07, 6.45) is 4.90. The molecule has 39 heavy (non-hydrogen) atoms. The summed E-state index contributed by atoms with van der Waals surface area (Å²) >= 11 is 0. The first-order valence-corrected chi connectivity index (χ1v) is 14.5. The lowest BCUT2D eigenvalue weighted by molar-refractivity contribution is -0.287. The molecule has 0 aliphatic heterocycles. The maximum Gasteiger partial charge on any atom is 0.200 e. The van der Waals surface area contributed by atoms with Crippen molar-refractivity contribution in [2.45, 2.75) is 104 Å². The number of Topliss-reactive ketones (excluding diaryl/α,β-unsaturated/α-hetero) is 1. The number of hydrogen-bond donors (Lipinski definition) is 6. The van der Waals surface area contributed by atoms with E-state index < -0.39 is 50.2 Å². The average molecular weight is 535 g/mol. The average Bonchev–Trinajstić information content (AvgIpc) is 3.61. The lowest BCUT2D eigenvalue weighted by atomic mass is 9.64. The van der Waals surface area contributed by atoms with Crippen LogP contribution >= 0.6 is 0 Å². The molecule has 5 saturated carbocycles. The standard InChI is InChI=1S/C32H38O7/c33-24(23-15-7-2-8-16-23)28(35)31(38)25(17-9-3-10-18-25)29(31,36)27(34,21-22-13-5-1-6-14-22)30(37)26(32(28,30)39)19-11-4-12-20-26/h1-2,5-8,13-16,34-39H,3-4,9-12,17-21H2/t27-,28-,29-,30+,31-,32-/m0/s1. The third-order valence-electron chi connectivity index (χ3n) is 12.0. The van der Waals surface area contributed by atoms with Crippen LogP contribution in [0.15, 0.2) is 60.7 Å². The van der Waals surface area contributed by atoms with Crippen LogP contribution in [0.1, 0.15) is 80.1 Å². The molecule has 0 radical (unpaired) electrons. The molecule has 5 aliphatic rings. The van der Waals surface area contributed by atoms with Crippen LogP contribution in [0.4, 0.5) is 0 Å². The van der Waals surface area contributed by atoms with Crippen LogP contribution in [-0.4, -0.2) is 70.0 Å². The fraction of sp³-hybridized carbons (Fsp3) is 0.594. The minimum atomic E-state index is -2.94. The molecule has 0 bridgehead atoms. The molecule has 2 aromatic rings. The Kier molecular flexibility index (Phi) is 5.01. The third-order valence-corrected chi connectivity index (χ3v) is 12.0. The summed E-state index contributed by atoms with van der Waals surface area (Å²) in [5.74, 6) is -0.934. The molecular formula is C32H38O7. The van der Waals surface area contributed by atoms with E-state index in [1.165, 1.54) is 12.1 Å². The Balaban J connectivity index is 1.53. The van der Waals surface area contributed by atoms with Crippen LogP contribution in [0.25, 0.3) is 0 Å². The first kappa shape index (κ1) is 25.8. The van der Waals surface area contributed by atoms with Crippen molar-refractivity contribution in [3.63, 3.8) is 0 Å². The quantitative estimate of drug-likeness (QED) is 0.331. The fourth-order valence-electron chi connectivity index (χ4n) is 10.5. The lowest BCUT2D eigenvalue weighted by Gasteiger charge is -2.51. The van der Waals surface area contributed by atoms with Gasteiger partial charge in [0.1, 0.15) is 28.0 Å². The van der Waals surface area contributed by atoms with E-state index in [4.69, 9.17) is 0 Å². The Labute approximate surface area is 228 Å². The van der Waals surface area contributed by atoms with Gasteiger partial charge in [0.2, 0.25) is 5.78 Å². The maximum absolute atomic E-state index is 14.4. The van der Waals surface area contributed by atoms with Gasteiger partial charge in [0.15, 0.2) is 5.60 Å². The van der Waals surface area contributed by atoms with E-state index in [9.17, 15) is 35.4 Å². The summed E-state index contributed by atoms with van der Waals surface area (Å²) < 4.78 is 0. The van der Waals surface area contributed by atoms with Crippen LogP contribution in [-0.2, 0) is 6.42 Å². The van der Waals surface area contributed by atoms with Crippen LogP contribution in [0.3, 0.4) is 0 Å². The van der Waals surface area contributed by atoms with Crippen LogP contribution < -0.4 is 0 Å². The molecular weight excluding hydrogens is 496 g/mol. The zero-order valence-electron chi connectivity index (χ0n) is 22.1. The van der Waals surface area contributed by atoms with Crippen molar-refractivity contribution >= 4 is 5.78 Å². The topological polar surface area (TPSA) is 138 Å². The van der Waals surface area contributed by atoms with Gasteiger partial charge in [-0.25, -0.2) is 0 Å². The second-order valence-electron chi connectivity index (χ2n) is 13.1. The highest BCUT2D eigenvalue weighted by atomic mass is 16.5. The van der Waals surface area contributed by atoms with Gasteiger partial charge in [0.05, 0.1) is 0 Å². The Bertz CT molecular complexity index is 1260. The molecule has 0 heterocycles. The van der Waals surface area contributed by atoms with Gasteiger partial charge >= 0.3 is 0 Å². The molecule has 7 nitrogen and oxygen atoms in total. The molecule has 0 amide bonds. The van der Waals surface area contributed by atoms with Crippen LogP contribution in [0.2, 0.25) is 0 Å². The summed E-state index contributed by atoms with van der Waals surface area (Å²) in [6.45, 7) is 0. The van der Waals surface area contributed by atoms with E-state index in [0.29, 0.717) is 31.2 Å². The Morgan fingerprint density at radius 1 is 0.564 bits per heavy atom. The van der Waals surface area contributed by atoms with Crippen LogP contribution in [0.5, 0.6) is 0 Å². The molecule has 0 saturated heterocycles. The Hall–Kier alpha value is -2.13. The number of rotatable bonds is 4. The van der Waals surface area contributed by atoms with Crippen molar-refractivity contribution in [1.29, 1.82) is 0 Å². The van der Waals surface area contributed by atoms with Crippen molar-refractivity contribution in [2.24, 2.45) is 10.8 Å². The summed E-state index contributed by atoms with van der Waals surface area (Å²) in [6, 6.07) is 16.9. The predicted octanol–water partition coefficient (Wildman–Crippen LogP) is 2.44. The largest absolute Gasteiger partial charge is 0.383 e. The van der Waals surface area contributed by atoms with Gasteiger partial charge in [-0.05, 0) is 31.2 Å². The van der Waals surface area contributed by atoms with Crippen molar-refractivity contribution in [3.05, 3.63) is 71.8 Å². The zero-order chi connectivity index (χ0) is 27.6. The molecule has 2 aromatic carbocycles. The smallest absolute Gasteiger partial charge is 0.200 e. The molecule has 6 N–H and O–H groups in total. The van der Waals surface area contributed by atoms with Gasteiger partial charge in [0.25, 0.3) is 0 Å². The maximum atomic E-state index is 14.4. The molecule has 0 aromatic heterocycles. The second kappa shape index (κ2) is 7.58. The molecule has 208 valence electrons. The minimum absolute atomic E-state index is 0.0655. The molecule has 5 fully saturated rings. The summed E-state index contributed by atoms with van der Waals surface area (Å²) in [5.41, 5.74) is -17.7. The van der Waals surface area contributed by atoms with Crippen LogP contribution in [0, 0.1) is 10.8 Å². The van der Waals surface area contributed by atoms with E-state index in [0.717, 1.165) is 12.8 Å². The molecule has 7 rings (SSSR count). The Morgan fingerprint density at radius 2 is 0.974 bits per heavy atom. The van der Waals surface area contributed by atoms with Gasteiger partial charge in [0, 0.05) is 22.8 Å². The van der Waals surface area contributed by atoms with Crippen molar-refractivity contribution < 1.29 is 35.4 Å². The number of fused-ring (bicyclic) bond motifs is 6. The van der Waals surface area contributed by atoms with E-state index in [2.05, 4.69) is 0 Å². The highest BCUT2D eigenvalue weighted by Gasteiger charge is 3.15. The minimum Gasteiger partial charge on any atom is -0.383 e. The van der Waals surface area contributed by atoms with Crippen molar-refractivity contribution in [1.82, 2.24) is 0 Å². The number of benzene rings is 2. The number of hydrogen-bond acceptors (Lipinski definition) is 7. The van der Waals surface area contributed by atoms with Crippen molar-refractivity contribution in [3.8, 4) is 0 Å². The van der Waals surface area contributed by atoms with E-state index in [1.54, 1.807) is 42.5 Å². The summed E-state index contributed by atoms with van der Waals surface area (Å²) in [4.78, 5) is 14.4. The van der Waals surface area contributed by atoms with Gasteiger partial charge < -0.3 is 30.6 Å². The van der Waals surface area contributed by atoms with Gasteiger partial charge in [-0.2, -0.15) is 0 Å². The van der Waals surface area contributed by atoms with Gasteiger partial charge in [-0.15, -0.1) is 0 Å². The first-order chi connectivity index (χ1) is 18.5. The number of carbonyl (C=O) groups is 1. The number of carbonyl (C=O) groups excluding carboxylic acids is 1. The highest BCUT2D eigenvalue weighted by Crippen LogP contribution is 2.93. The van der Waals surface area contributed by atoms with Gasteiger partial charge in [-0.3, -0.25) is 4.79 Å². The normalized spacial score (nSPS) is 44.9.